The fraction of sp³-hybridized carbons (Fsp3) is 0.400. The normalized spacial score (nSPS) is 16.8. The molecular weight excluding hydrogens is 364 g/mol. The average Bonchev–Trinajstić information content (AvgIpc) is 2.59. The summed E-state index contributed by atoms with van der Waals surface area (Å²) >= 11 is 3.64. The number of piperazine rings is 1. The SMILES string of the molecule is CCOc1ccc(Br)cc1C(c1cccc(C)c1)N1CCNCC1. The third kappa shape index (κ3) is 4.00. The molecule has 1 heterocycles. The van der Waals surface area contributed by atoms with E-state index in [1.807, 2.05) is 6.92 Å². The zero-order valence-electron chi connectivity index (χ0n) is 14.4. The standard InChI is InChI=1S/C20H25BrN2O/c1-3-24-19-8-7-17(21)14-18(19)20(23-11-9-22-10-12-23)16-6-4-5-15(2)13-16/h4-8,13-14,20,22H,3,9-12H2,1-2H3. The van der Waals surface area contributed by atoms with Crippen molar-refractivity contribution in [3.63, 3.8) is 0 Å². The molecule has 2 aromatic rings. The summed E-state index contributed by atoms with van der Waals surface area (Å²) in [6.45, 7) is 9.01. The minimum absolute atomic E-state index is 0.214. The summed E-state index contributed by atoms with van der Waals surface area (Å²) in [4.78, 5) is 2.55. The lowest BCUT2D eigenvalue weighted by Gasteiger charge is -2.36. The van der Waals surface area contributed by atoms with Crippen LogP contribution in [0.25, 0.3) is 0 Å². The number of benzene rings is 2. The zero-order chi connectivity index (χ0) is 16.9. The van der Waals surface area contributed by atoms with Gasteiger partial charge in [0.15, 0.2) is 0 Å². The van der Waals surface area contributed by atoms with E-state index in [-0.39, 0.29) is 6.04 Å². The van der Waals surface area contributed by atoms with Crippen molar-refractivity contribution in [1.29, 1.82) is 0 Å². The van der Waals surface area contributed by atoms with E-state index >= 15 is 0 Å². The van der Waals surface area contributed by atoms with Gasteiger partial charge in [-0.15, -0.1) is 0 Å². The quantitative estimate of drug-likeness (QED) is 0.832. The number of aryl methyl sites for hydroxylation is 1. The third-order valence-corrected chi connectivity index (χ3v) is 4.93. The van der Waals surface area contributed by atoms with E-state index in [9.17, 15) is 0 Å². The van der Waals surface area contributed by atoms with E-state index in [0.29, 0.717) is 6.61 Å². The van der Waals surface area contributed by atoms with Crippen molar-refractivity contribution in [3.05, 3.63) is 63.6 Å². The molecule has 1 aliphatic heterocycles. The number of nitrogens with one attached hydrogen (secondary N) is 1. The third-order valence-electron chi connectivity index (χ3n) is 4.44. The van der Waals surface area contributed by atoms with Crippen molar-refractivity contribution >= 4 is 15.9 Å². The molecular formula is C20H25BrN2O. The Morgan fingerprint density at radius 1 is 1.17 bits per heavy atom. The van der Waals surface area contributed by atoms with Gasteiger partial charge in [0.05, 0.1) is 12.6 Å². The van der Waals surface area contributed by atoms with E-state index in [0.717, 1.165) is 36.4 Å². The van der Waals surface area contributed by atoms with Crippen LogP contribution in [0.15, 0.2) is 46.9 Å². The van der Waals surface area contributed by atoms with Gasteiger partial charge in [-0.3, -0.25) is 4.90 Å². The van der Waals surface area contributed by atoms with Crippen molar-refractivity contribution in [2.75, 3.05) is 32.8 Å². The molecule has 1 atom stereocenters. The number of hydrogen-bond acceptors (Lipinski definition) is 3. The highest BCUT2D eigenvalue weighted by molar-refractivity contribution is 9.10. The van der Waals surface area contributed by atoms with Crippen molar-refractivity contribution in [2.24, 2.45) is 0 Å². The predicted octanol–water partition coefficient (Wildman–Crippen LogP) is 4.15. The van der Waals surface area contributed by atoms with Gasteiger partial charge in [0.1, 0.15) is 5.75 Å². The van der Waals surface area contributed by atoms with E-state index < -0.39 is 0 Å². The highest BCUT2D eigenvalue weighted by atomic mass is 79.9. The minimum Gasteiger partial charge on any atom is -0.494 e. The Balaban J connectivity index is 2.08. The summed E-state index contributed by atoms with van der Waals surface area (Å²) in [6.07, 6.45) is 0. The lowest BCUT2D eigenvalue weighted by molar-refractivity contribution is 0.194. The molecule has 24 heavy (non-hydrogen) atoms. The first-order chi connectivity index (χ1) is 11.7. The van der Waals surface area contributed by atoms with E-state index in [2.05, 4.69) is 75.5 Å². The van der Waals surface area contributed by atoms with Crippen LogP contribution in [0.1, 0.15) is 29.7 Å². The number of hydrogen-bond donors (Lipinski definition) is 1. The maximum Gasteiger partial charge on any atom is 0.124 e. The number of nitrogens with zero attached hydrogens (tertiary/aromatic N) is 1. The van der Waals surface area contributed by atoms with E-state index in [1.165, 1.54) is 16.7 Å². The van der Waals surface area contributed by atoms with Crippen LogP contribution >= 0.6 is 15.9 Å². The molecule has 3 rings (SSSR count). The smallest absolute Gasteiger partial charge is 0.124 e. The van der Waals surface area contributed by atoms with Crippen molar-refractivity contribution in [2.45, 2.75) is 19.9 Å². The molecule has 1 unspecified atom stereocenters. The highest BCUT2D eigenvalue weighted by Crippen LogP contribution is 2.37. The highest BCUT2D eigenvalue weighted by Gasteiger charge is 2.26. The van der Waals surface area contributed by atoms with Crippen molar-refractivity contribution in [3.8, 4) is 5.75 Å². The first-order valence-electron chi connectivity index (χ1n) is 8.62. The molecule has 0 aliphatic carbocycles. The number of halogens is 1. The molecule has 1 N–H and O–H groups in total. The summed E-state index contributed by atoms with van der Waals surface area (Å²) in [6, 6.07) is 15.4. The molecule has 1 saturated heterocycles. The van der Waals surface area contributed by atoms with Gasteiger partial charge in [-0.2, -0.15) is 0 Å². The van der Waals surface area contributed by atoms with Crippen LogP contribution in [-0.4, -0.2) is 37.7 Å². The summed E-state index contributed by atoms with van der Waals surface area (Å²) in [5.41, 5.74) is 3.86. The van der Waals surface area contributed by atoms with Gasteiger partial charge in [-0.25, -0.2) is 0 Å². The molecule has 0 amide bonds. The van der Waals surface area contributed by atoms with Gasteiger partial charge >= 0.3 is 0 Å². The molecule has 0 radical (unpaired) electrons. The first kappa shape index (κ1) is 17.5. The number of ether oxygens (including phenoxy) is 1. The number of rotatable bonds is 5. The maximum absolute atomic E-state index is 5.95. The van der Waals surface area contributed by atoms with Gasteiger partial charge in [-0.1, -0.05) is 45.8 Å². The van der Waals surface area contributed by atoms with Crippen molar-refractivity contribution < 1.29 is 4.74 Å². The Morgan fingerprint density at radius 3 is 2.67 bits per heavy atom. The second-order valence-electron chi connectivity index (χ2n) is 6.22. The summed E-state index contributed by atoms with van der Waals surface area (Å²) in [5, 5.41) is 3.45. The fourth-order valence-electron chi connectivity index (χ4n) is 3.39. The lowest BCUT2D eigenvalue weighted by atomic mass is 9.94. The molecule has 2 aromatic carbocycles. The van der Waals surface area contributed by atoms with Crippen LogP contribution in [-0.2, 0) is 0 Å². The van der Waals surface area contributed by atoms with Crippen LogP contribution in [0.4, 0.5) is 0 Å². The Hall–Kier alpha value is -1.36. The molecule has 0 aromatic heterocycles. The maximum atomic E-state index is 5.95. The molecule has 0 saturated carbocycles. The molecule has 0 spiro atoms. The van der Waals surface area contributed by atoms with Gasteiger partial charge < -0.3 is 10.1 Å². The summed E-state index contributed by atoms with van der Waals surface area (Å²) in [7, 11) is 0. The topological polar surface area (TPSA) is 24.5 Å². The monoisotopic (exact) mass is 388 g/mol. The van der Waals surface area contributed by atoms with Gasteiger partial charge in [0, 0.05) is 36.2 Å². The molecule has 1 fully saturated rings. The van der Waals surface area contributed by atoms with Crippen molar-refractivity contribution in [1.82, 2.24) is 10.2 Å². The van der Waals surface area contributed by atoms with Crippen LogP contribution in [0.2, 0.25) is 0 Å². The zero-order valence-corrected chi connectivity index (χ0v) is 16.0. The van der Waals surface area contributed by atoms with E-state index in [4.69, 9.17) is 4.74 Å². The average molecular weight is 389 g/mol. The predicted molar refractivity (Wildman–Crippen MR) is 103 cm³/mol. The van der Waals surface area contributed by atoms with Gasteiger partial charge in [-0.05, 0) is 37.6 Å². The lowest BCUT2D eigenvalue weighted by Crippen LogP contribution is -2.45. The Bertz CT molecular complexity index is 683. The van der Waals surface area contributed by atoms with Gasteiger partial charge in [0.25, 0.3) is 0 Å². The molecule has 128 valence electrons. The van der Waals surface area contributed by atoms with Gasteiger partial charge in [0.2, 0.25) is 0 Å². The minimum atomic E-state index is 0.214. The molecule has 4 heteroatoms. The summed E-state index contributed by atoms with van der Waals surface area (Å²) in [5.74, 6) is 0.978. The van der Waals surface area contributed by atoms with Crippen LogP contribution < -0.4 is 10.1 Å². The summed E-state index contributed by atoms with van der Waals surface area (Å²) < 4.78 is 7.04. The Labute approximate surface area is 153 Å². The molecule has 0 bridgehead atoms. The first-order valence-corrected chi connectivity index (χ1v) is 9.42. The van der Waals surface area contributed by atoms with Crippen LogP contribution in [0.3, 0.4) is 0 Å². The van der Waals surface area contributed by atoms with Crippen LogP contribution in [0, 0.1) is 6.92 Å². The Kier molecular flexibility index (Phi) is 5.93. The second kappa shape index (κ2) is 8.15. The van der Waals surface area contributed by atoms with Crippen LogP contribution in [0.5, 0.6) is 5.75 Å². The molecule has 1 aliphatic rings. The fourth-order valence-corrected chi connectivity index (χ4v) is 3.77. The van der Waals surface area contributed by atoms with E-state index in [1.54, 1.807) is 0 Å². The molecule has 3 nitrogen and oxygen atoms in total. The largest absolute Gasteiger partial charge is 0.494 e. The Morgan fingerprint density at radius 2 is 1.96 bits per heavy atom. The second-order valence-corrected chi connectivity index (χ2v) is 7.13.